The van der Waals surface area contributed by atoms with Gasteiger partial charge in [0.15, 0.2) is 11.5 Å². The molecule has 2 aromatic carbocycles. The van der Waals surface area contributed by atoms with Crippen molar-refractivity contribution in [1.29, 1.82) is 0 Å². The highest BCUT2D eigenvalue weighted by atomic mass is 16.7. The number of aromatic nitrogens is 1. The Morgan fingerprint density at radius 3 is 2.51 bits per heavy atom. The highest BCUT2D eigenvalue weighted by molar-refractivity contribution is 6.39. The number of fused-ring (bicyclic) bond motifs is 1. The number of barbiturate groups is 1. The number of urea groups is 1. The molecule has 3 heterocycles. The van der Waals surface area contributed by atoms with Gasteiger partial charge in [-0.15, -0.1) is 0 Å². The highest BCUT2D eigenvalue weighted by Gasteiger charge is 2.37. The normalized spacial score (nSPS) is 15.8. The molecular formula is C23H14N4O8. The number of pyridine rings is 1. The van der Waals surface area contributed by atoms with Crippen molar-refractivity contribution in [2.75, 3.05) is 11.7 Å². The van der Waals surface area contributed by atoms with Crippen LogP contribution in [0.15, 0.2) is 66.4 Å². The van der Waals surface area contributed by atoms with Crippen LogP contribution in [0.1, 0.15) is 5.56 Å². The molecule has 1 saturated heterocycles. The van der Waals surface area contributed by atoms with E-state index in [9.17, 15) is 24.5 Å². The monoisotopic (exact) mass is 474 g/mol. The Morgan fingerprint density at radius 1 is 1.03 bits per heavy atom. The molecule has 2 aliphatic heterocycles. The average molecular weight is 474 g/mol. The summed E-state index contributed by atoms with van der Waals surface area (Å²) in [5.74, 6) is -0.229. The number of nitro groups is 1. The van der Waals surface area contributed by atoms with Gasteiger partial charge in [-0.3, -0.25) is 25.0 Å². The van der Waals surface area contributed by atoms with E-state index in [2.05, 4.69) is 10.3 Å². The first-order valence-corrected chi connectivity index (χ1v) is 10.1. The largest absolute Gasteiger partial charge is 0.454 e. The van der Waals surface area contributed by atoms with Crippen LogP contribution in [0.25, 0.3) is 6.08 Å². The predicted octanol–water partition coefficient (Wildman–Crippen LogP) is 3.18. The number of amides is 4. The van der Waals surface area contributed by atoms with Crippen LogP contribution in [0.3, 0.4) is 0 Å². The molecule has 12 nitrogen and oxygen atoms in total. The fraction of sp³-hybridized carbons (Fsp3) is 0.0435. The van der Waals surface area contributed by atoms with Gasteiger partial charge in [-0.05, 0) is 35.9 Å². The van der Waals surface area contributed by atoms with Crippen LogP contribution in [0.4, 0.5) is 16.2 Å². The maximum atomic E-state index is 13.1. The molecule has 1 fully saturated rings. The van der Waals surface area contributed by atoms with E-state index in [1.807, 2.05) is 0 Å². The van der Waals surface area contributed by atoms with E-state index in [1.54, 1.807) is 30.3 Å². The van der Waals surface area contributed by atoms with Gasteiger partial charge in [0.1, 0.15) is 17.5 Å². The summed E-state index contributed by atoms with van der Waals surface area (Å²) in [5, 5.41) is 12.9. The zero-order chi connectivity index (χ0) is 24.5. The molecule has 1 N–H and O–H groups in total. The van der Waals surface area contributed by atoms with Crippen LogP contribution in [0.2, 0.25) is 0 Å². The smallest absolute Gasteiger partial charge is 0.335 e. The third kappa shape index (κ3) is 4.23. The van der Waals surface area contributed by atoms with Crippen LogP contribution < -0.4 is 24.4 Å². The van der Waals surface area contributed by atoms with Crippen molar-refractivity contribution in [2.45, 2.75) is 0 Å². The van der Waals surface area contributed by atoms with E-state index in [1.165, 1.54) is 30.3 Å². The number of benzene rings is 2. The minimum absolute atomic E-state index is 0.0303. The summed E-state index contributed by atoms with van der Waals surface area (Å²) in [6, 6.07) is 12.6. The minimum Gasteiger partial charge on any atom is -0.454 e. The van der Waals surface area contributed by atoms with E-state index in [0.717, 1.165) is 11.1 Å². The third-order valence-corrected chi connectivity index (χ3v) is 5.06. The quantitative estimate of drug-likeness (QED) is 0.254. The van der Waals surface area contributed by atoms with E-state index in [-0.39, 0.29) is 29.6 Å². The molecule has 0 saturated carbocycles. The Kier molecular flexibility index (Phi) is 5.30. The number of nitrogens with zero attached hydrogens (tertiary/aromatic N) is 3. The third-order valence-electron chi connectivity index (χ3n) is 5.06. The van der Waals surface area contributed by atoms with Crippen molar-refractivity contribution in [3.05, 3.63) is 82.0 Å². The fourth-order valence-electron chi connectivity index (χ4n) is 3.38. The van der Waals surface area contributed by atoms with Crippen LogP contribution in [0, 0.1) is 10.1 Å². The molecule has 0 unspecified atom stereocenters. The van der Waals surface area contributed by atoms with Crippen molar-refractivity contribution >= 4 is 35.3 Å². The van der Waals surface area contributed by atoms with Crippen molar-refractivity contribution in [1.82, 2.24) is 10.3 Å². The van der Waals surface area contributed by atoms with E-state index >= 15 is 0 Å². The standard InChI is InChI=1S/C23H14N4O8/c28-21-17(22(29)26(23(30)25-21)14-3-7-18-19(10-14)34-12-33-18)9-13-1-5-16(6-2-13)35-20-8-4-15(11-24-20)27(31)32/h1-11H,12H2,(H,25,28,30). The van der Waals surface area contributed by atoms with Gasteiger partial charge >= 0.3 is 6.03 Å². The summed E-state index contributed by atoms with van der Waals surface area (Å²) in [6.07, 6.45) is 2.42. The topological polar surface area (TPSA) is 150 Å². The molecule has 0 bridgehead atoms. The second kappa shape index (κ2) is 8.59. The summed E-state index contributed by atoms with van der Waals surface area (Å²) in [5.41, 5.74) is 0.304. The number of hydrogen-bond donors (Lipinski definition) is 1. The van der Waals surface area contributed by atoms with Crippen LogP contribution in [-0.2, 0) is 9.59 Å². The van der Waals surface area contributed by atoms with Gasteiger partial charge in [0.2, 0.25) is 12.7 Å². The lowest BCUT2D eigenvalue weighted by atomic mass is 10.1. The molecule has 2 aliphatic rings. The van der Waals surface area contributed by atoms with E-state index < -0.39 is 22.8 Å². The molecule has 4 amide bonds. The van der Waals surface area contributed by atoms with Crippen molar-refractivity contribution in [3.63, 3.8) is 0 Å². The van der Waals surface area contributed by atoms with Crippen molar-refractivity contribution < 1.29 is 33.5 Å². The average Bonchev–Trinajstić information content (AvgIpc) is 3.31. The second-order valence-corrected chi connectivity index (χ2v) is 7.28. The van der Waals surface area contributed by atoms with Gasteiger partial charge in [-0.25, -0.2) is 14.7 Å². The number of hydrogen-bond acceptors (Lipinski definition) is 9. The van der Waals surface area contributed by atoms with Gasteiger partial charge in [-0.2, -0.15) is 0 Å². The first kappa shape index (κ1) is 21.6. The summed E-state index contributed by atoms with van der Waals surface area (Å²) in [6.45, 7) is 0.0303. The number of nitrogens with one attached hydrogen (secondary N) is 1. The maximum absolute atomic E-state index is 13.1. The number of rotatable bonds is 5. The lowest BCUT2D eigenvalue weighted by Crippen LogP contribution is -2.54. The van der Waals surface area contributed by atoms with Gasteiger partial charge < -0.3 is 14.2 Å². The molecule has 0 spiro atoms. The van der Waals surface area contributed by atoms with Crippen LogP contribution in [-0.4, -0.2) is 34.5 Å². The lowest BCUT2D eigenvalue weighted by molar-refractivity contribution is -0.385. The van der Waals surface area contributed by atoms with Gasteiger partial charge in [0.25, 0.3) is 17.5 Å². The summed E-state index contributed by atoms with van der Waals surface area (Å²) >= 11 is 0. The summed E-state index contributed by atoms with van der Waals surface area (Å²) < 4.78 is 16.1. The summed E-state index contributed by atoms with van der Waals surface area (Å²) in [7, 11) is 0. The highest BCUT2D eigenvalue weighted by Crippen LogP contribution is 2.36. The van der Waals surface area contributed by atoms with E-state index in [4.69, 9.17) is 14.2 Å². The predicted molar refractivity (Wildman–Crippen MR) is 119 cm³/mol. The molecule has 5 rings (SSSR count). The molecule has 0 atom stereocenters. The number of carbonyl (C=O) groups excluding carboxylic acids is 3. The van der Waals surface area contributed by atoms with Gasteiger partial charge in [-0.1, -0.05) is 12.1 Å². The molecule has 12 heteroatoms. The molecule has 1 aromatic heterocycles. The molecule has 0 radical (unpaired) electrons. The maximum Gasteiger partial charge on any atom is 0.335 e. The Bertz CT molecular complexity index is 1400. The Balaban J connectivity index is 1.36. The zero-order valence-corrected chi connectivity index (χ0v) is 17.7. The number of imide groups is 2. The number of carbonyl (C=O) groups is 3. The first-order chi connectivity index (χ1) is 16.9. The Morgan fingerprint density at radius 2 is 1.80 bits per heavy atom. The second-order valence-electron chi connectivity index (χ2n) is 7.28. The van der Waals surface area contributed by atoms with Gasteiger partial charge in [0.05, 0.1) is 10.6 Å². The first-order valence-electron chi connectivity index (χ1n) is 10.1. The minimum atomic E-state index is -0.879. The van der Waals surface area contributed by atoms with Crippen molar-refractivity contribution in [3.8, 4) is 23.1 Å². The molecule has 174 valence electrons. The Hall–Kier alpha value is -5.26. The van der Waals surface area contributed by atoms with Crippen LogP contribution >= 0.6 is 0 Å². The number of anilines is 1. The molecule has 35 heavy (non-hydrogen) atoms. The van der Waals surface area contributed by atoms with Crippen molar-refractivity contribution in [2.24, 2.45) is 0 Å². The molecule has 3 aromatic rings. The number of ether oxygens (including phenoxy) is 3. The molecule has 0 aliphatic carbocycles. The Labute approximate surface area is 196 Å². The van der Waals surface area contributed by atoms with Gasteiger partial charge in [0, 0.05) is 18.2 Å². The van der Waals surface area contributed by atoms with E-state index in [0.29, 0.717) is 22.8 Å². The fourth-order valence-corrected chi connectivity index (χ4v) is 3.38. The molecular weight excluding hydrogens is 460 g/mol. The SMILES string of the molecule is O=C1NC(=O)N(c2ccc3c(c2)OCO3)C(=O)C1=Cc1ccc(Oc2ccc([N+](=O)[O-])cn2)cc1. The van der Waals surface area contributed by atoms with Crippen LogP contribution in [0.5, 0.6) is 23.1 Å². The lowest BCUT2D eigenvalue weighted by Gasteiger charge is -2.26. The summed E-state index contributed by atoms with van der Waals surface area (Å²) in [4.78, 5) is 52.7. The zero-order valence-electron chi connectivity index (χ0n) is 17.7.